The lowest BCUT2D eigenvalue weighted by Crippen LogP contribution is -2.27. The van der Waals surface area contributed by atoms with E-state index in [1.807, 2.05) is 0 Å². The molecule has 1 unspecified atom stereocenters. The fourth-order valence-electron chi connectivity index (χ4n) is 1.02. The van der Waals surface area contributed by atoms with Gasteiger partial charge in [0.15, 0.2) is 0 Å². The van der Waals surface area contributed by atoms with E-state index < -0.39 is 25.0 Å². The van der Waals surface area contributed by atoms with Gasteiger partial charge in [-0.2, -0.15) is 0 Å². The van der Waals surface area contributed by atoms with E-state index in [2.05, 4.69) is 0 Å². The quantitative estimate of drug-likeness (QED) is 0.601. The Morgan fingerprint density at radius 2 is 1.86 bits per heavy atom. The molecule has 4 N–H and O–H groups in total. The second kappa shape index (κ2) is 4.91. The summed E-state index contributed by atoms with van der Waals surface area (Å²) in [5, 5.41) is 8.82. The molecule has 0 fully saturated rings. The molecule has 0 aliphatic carbocycles. The largest absolute Gasteiger partial charge is 0.481 e. The number of carboxylic acids is 1. The lowest BCUT2D eigenvalue weighted by Gasteiger charge is -2.22. The predicted molar refractivity (Wildman–Crippen MR) is 54.3 cm³/mol. The van der Waals surface area contributed by atoms with Gasteiger partial charge < -0.3 is 15.7 Å². The van der Waals surface area contributed by atoms with Crippen molar-refractivity contribution in [3.05, 3.63) is 0 Å². The van der Waals surface area contributed by atoms with Gasteiger partial charge in [0.05, 0.1) is 11.7 Å². The zero-order chi connectivity index (χ0) is 11.5. The molecule has 0 aromatic carbocycles. The lowest BCUT2D eigenvalue weighted by atomic mass is 9.98. The van der Waals surface area contributed by atoms with Gasteiger partial charge in [-0.3, -0.25) is 9.36 Å². The fraction of sp³-hybridized carbons (Fsp3) is 0.875. The highest BCUT2D eigenvalue weighted by molar-refractivity contribution is 7.58. The molecule has 0 aliphatic heterocycles. The molecule has 5 nitrogen and oxygen atoms in total. The molecule has 14 heavy (non-hydrogen) atoms. The van der Waals surface area contributed by atoms with Crippen LogP contribution in [0.3, 0.4) is 0 Å². The van der Waals surface area contributed by atoms with Crippen LogP contribution >= 0.6 is 7.37 Å². The highest BCUT2D eigenvalue weighted by atomic mass is 31.2. The molecule has 0 bridgehead atoms. The molecule has 0 aliphatic rings. The normalized spacial score (nSPS) is 20.1. The van der Waals surface area contributed by atoms with Crippen molar-refractivity contribution in [1.29, 1.82) is 0 Å². The van der Waals surface area contributed by atoms with Crippen molar-refractivity contribution in [2.24, 2.45) is 17.6 Å². The molecule has 0 aromatic rings. The third-order valence-corrected chi connectivity index (χ3v) is 4.41. The Kier molecular flexibility index (Phi) is 4.78. The van der Waals surface area contributed by atoms with Crippen molar-refractivity contribution in [1.82, 2.24) is 0 Å². The average molecular weight is 223 g/mol. The SMILES string of the molecule is CC(C)[C@H](CP(=O)(O)[C@@H](C)N)C(=O)O. The summed E-state index contributed by atoms with van der Waals surface area (Å²) in [5.41, 5.74) is 5.31. The molecule has 0 saturated heterocycles. The van der Waals surface area contributed by atoms with Gasteiger partial charge in [-0.1, -0.05) is 13.8 Å². The Balaban J connectivity index is 4.61. The monoisotopic (exact) mass is 223 g/mol. The van der Waals surface area contributed by atoms with Crippen LogP contribution in [0, 0.1) is 11.8 Å². The number of rotatable bonds is 5. The zero-order valence-corrected chi connectivity index (χ0v) is 9.57. The van der Waals surface area contributed by atoms with E-state index in [4.69, 9.17) is 10.8 Å². The van der Waals surface area contributed by atoms with E-state index in [1.165, 1.54) is 6.92 Å². The Bertz CT molecular complexity index is 252. The van der Waals surface area contributed by atoms with Crippen molar-refractivity contribution in [3.63, 3.8) is 0 Å². The molecule has 0 aromatic heterocycles. The van der Waals surface area contributed by atoms with Crippen molar-refractivity contribution in [3.8, 4) is 0 Å². The summed E-state index contributed by atoms with van der Waals surface area (Å²) in [4.78, 5) is 20.2. The van der Waals surface area contributed by atoms with Crippen molar-refractivity contribution >= 4 is 13.3 Å². The Hall–Kier alpha value is -0.380. The topological polar surface area (TPSA) is 101 Å². The molecule has 0 radical (unpaired) electrons. The molecule has 0 heterocycles. The van der Waals surface area contributed by atoms with Crippen LogP contribution in [0.4, 0.5) is 0 Å². The third kappa shape index (κ3) is 3.78. The first-order valence-electron chi connectivity index (χ1n) is 4.48. The van der Waals surface area contributed by atoms with Crippen molar-refractivity contribution in [2.75, 3.05) is 6.16 Å². The summed E-state index contributed by atoms with van der Waals surface area (Å²) in [6.45, 7) is 4.83. The van der Waals surface area contributed by atoms with Gasteiger partial charge in [0.25, 0.3) is 0 Å². The second-order valence-electron chi connectivity index (χ2n) is 3.87. The molecule has 6 heteroatoms. The number of hydrogen-bond donors (Lipinski definition) is 3. The fourth-order valence-corrected chi connectivity index (χ4v) is 2.50. The number of carbonyl (C=O) groups is 1. The zero-order valence-electron chi connectivity index (χ0n) is 8.67. The van der Waals surface area contributed by atoms with Crippen LogP contribution in [0.5, 0.6) is 0 Å². The van der Waals surface area contributed by atoms with E-state index in [0.29, 0.717) is 0 Å². The van der Waals surface area contributed by atoms with Gasteiger partial charge in [-0.05, 0) is 12.8 Å². The predicted octanol–water partition coefficient (Wildman–Crippen LogP) is 0.918. The Morgan fingerprint density at radius 1 is 1.43 bits per heavy atom. The van der Waals surface area contributed by atoms with Crippen molar-refractivity contribution in [2.45, 2.75) is 26.6 Å². The highest BCUT2D eigenvalue weighted by Gasteiger charge is 2.33. The van der Waals surface area contributed by atoms with Crippen LogP contribution in [0.2, 0.25) is 0 Å². The van der Waals surface area contributed by atoms with Crippen LogP contribution in [-0.2, 0) is 9.36 Å². The molecule has 3 atom stereocenters. The summed E-state index contributed by atoms with van der Waals surface area (Å²) < 4.78 is 11.5. The first-order chi connectivity index (χ1) is 6.18. The molecule has 0 spiro atoms. The van der Waals surface area contributed by atoms with Gasteiger partial charge in [-0.25, -0.2) is 0 Å². The standard InChI is InChI=1S/C8H18NO4P/c1-5(2)7(8(10)11)4-14(12,13)6(3)9/h5-7H,4,9H2,1-3H3,(H,10,11)(H,12,13)/t6-,7-/m0/s1. The minimum atomic E-state index is -3.53. The van der Waals surface area contributed by atoms with Crippen LogP contribution in [0.1, 0.15) is 20.8 Å². The number of aliphatic carboxylic acids is 1. The molecular formula is C8H18NO4P. The van der Waals surface area contributed by atoms with Crippen LogP contribution in [0.15, 0.2) is 0 Å². The number of hydrogen-bond acceptors (Lipinski definition) is 3. The maximum Gasteiger partial charge on any atom is 0.307 e. The molecule has 0 amide bonds. The van der Waals surface area contributed by atoms with Crippen molar-refractivity contribution < 1.29 is 19.4 Å². The molecular weight excluding hydrogens is 205 g/mol. The minimum absolute atomic E-state index is 0.174. The lowest BCUT2D eigenvalue weighted by molar-refractivity contribution is -0.142. The van der Waals surface area contributed by atoms with E-state index >= 15 is 0 Å². The van der Waals surface area contributed by atoms with Gasteiger partial charge in [-0.15, -0.1) is 0 Å². The second-order valence-corrected chi connectivity index (χ2v) is 6.56. The van der Waals surface area contributed by atoms with Crippen LogP contribution in [-0.4, -0.2) is 27.9 Å². The number of nitrogens with two attached hydrogens (primary N) is 1. The van der Waals surface area contributed by atoms with Gasteiger partial charge >= 0.3 is 5.97 Å². The maximum atomic E-state index is 11.5. The van der Waals surface area contributed by atoms with Crippen LogP contribution < -0.4 is 5.73 Å². The summed E-state index contributed by atoms with van der Waals surface area (Å²) in [7, 11) is -3.53. The minimum Gasteiger partial charge on any atom is -0.481 e. The first-order valence-corrected chi connectivity index (χ1v) is 6.39. The first kappa shape index (κ1) is 13.6. The summed E-state index contributed by atoms with van der Waals surface area (Å²) in [6.07, 6.45) is -0.252. The molecule has 0 rings (SSSR count). The molecule has 0 saturated carbocycles. The highest BCUT2D eigenvalue weighted by Crippen LogP contribution is 2.46. The smallest absolute Gasteiger partial charge is 0.307 e. The Labute approximate surface area is 83.8 Å². The van der Waals surface area contributed by atoms with E-state index in [9.17, 15) is 14.3 Å². The van der Waals surface area contributed by atoms with Gasteiger partial charge in [0.2, 0.25) is 7.37 Å². The van der Waals surface area contributed by atoms with Crippen LogP contribution in [0.25, 0.3) is 0 Å². The van der Waals surface area contributed by atoms with Gasteiger partial charge in [0, 0.05) is 6.16 Å². The Morgan fingerprint density at radius 3 is 2.07 bits per heavy atom. The average Bonchev–Trinajstić information content (AvgIpc) is 1.98. The third-order valence-electron chi connectivity index (χ3n) is 2.22. The maximum absolute atomic E-state index is 11.5. The summed E-state index contributed by atoms with van der Waals surface area (Å²) >= 11 is 0. The van der Waals surface area contributed by atoms with E-state index in [1.54, 1.807) is 13.8 Å². The summed E-state index contributed by atoms with van der Waals surface area (Å²) in [6, 6.07) is 0. The molecule has 84 valence electrons. The van der Waals surface area contributed by atoms with E-state index in [0.717, 1.165) is 0 Å². The number of carboxylic acid groups (broad SMARTS) is 1. The summed E-state index contributed by atoms with van der Waals surface area (Å²) in [5.74, 6) is -2.90. The van der Waals surface area contributed by atoms with E-state index in [-0.39, 0.29) is 12.1 Å². The van der Waals surface area contributed by atoms with Gasteiger partial charge in [0.1, 0.15) is 0 Å².